The first kappa shape index (κ1) is 19.4. The molecular weight excluding hydrogens is 325 g/mol. The van der Waals surface area contributed by atoms with Gasteiger partial charge in [0.25, 0.3) is 0 Å². The third-order valence-corrected chi connectivity index (χ3v) is 4.76. The third kappa shape index (κ3) is 3.99. The van der Waals surface area contributed by atoms with Crippen LogP contribution in [-0.4, -0.2) is 25.4 Å². The molecule has 1 aliphatic carbocycles. The molecule has 1 aromatic rings. The van der Waals surface area contributed by atoms with E-state index < -0.39 is 12.1 Å². The molecule has 1 aromatic carbocycles. The summed E-state index contributed by atoms with van der Waals surface area (Å²) in [6.07, 6.45) is 5.04. The number of aliphatic hydroxyl groups is 1. The van der Waals surface area contributed by atoms with Gasteiger partial charge >= 0.3 is 0 Å². The SMILES string of the molecule is COc1ccc([C@H](N)[C@H](O)C2CCCCC2)c(Cl)c1OC.Cl. The number of hydrogen-bond donors (Lipinski definition) is 2. The van der Waals surface area contributed by atoms with Crippen LogP contribution in [0.25, 0.3) is 0 Å². The van der Waals surface area contributed by atoms with Crippen LogP contribution in [0.3, 0.4) is 0 Å². The Hall–Kier alpha value is -0.680. The van der Waals surface area contributed by atoms with E-state index in [1.165, 1.54) is 13.5 Å². The maximum Gasteiger partial charge on any atom is 0.179 e. The van der Waals surface area contributed by atoms with Gasteiger partial charge in [0.15, 0.2) is 11.5 Å². The number of ether oxygens (including phenoxy) is 2. The molecule has 2 rings (SSSR count). The predicted octanol–water partition coefficient (Wildman–Crippen LogP) is 3.72. The number of nitrogens with two attached hydrogens (primary N) is 1. The lowest BCUT2D eigenvalue weighted by Gasteiger charge is -2.31. The number of halogens is 2. The van der Waals surface area contributed by atoms with Crippen molar-refractivity contribution in [1.29, 1.82) is 0 Å². The largest absolute Gasteiger partial charge is 0.493 e. The van der Waals surface area contributed by atoms with Gasteiger partial charge in [-0.25, -0.2) is 0 Å². The lowest BCUT2D eigenvalue weighted by Crippen LogP contribution is -2.34. The van der Waals surface area contributed by atoms with Crippen molar-refractivity contribution in [3.05, 3.63) is 22.7 Å². The van der Waals surface area contributed by atoms with Crippen LogP contribution in [0.2, 0.25) is 5.02 Å². The van der Waals surface area contributed by atoms with Crippen molar-refractivity contribution in [3.8, 4) is 11.5 Å². The molecule has 3 N–H and O–H groups in total. The number of rotatable bonds is 5. The van der Waals surface area contributed by atoms with Gasteiger partial charge in [-0.3, -0.25) is 0 Å². The van der Waals surface area contributed by atoms with Gasteiger partial charge in [0, 0.05) is 0 Å². The normalized spacial score (nSPS) is 18.2. The van der Waals surface area contributed by atoms with E-state index in [0.717, 1.165) is 25.7 Å². The Morgan fingerprint density at radius 2 is 1.82 bits per heavy atom. The maximum atomic E-state index is 10.6. The summed E-state index contributed by atoms with van der Waals surface area (Å²) < 4.78 is 10.5. The van der Waals surface area contributed by atoms with Gasteiger partial charge in [-0.15, -0.1) is 12.4 Å². The quantitative estimate of drug-likeness (QED) is 0.850. The Morgan fingerprint density at radius 3 is 2.36 bits per heavy atom. The predicted molar refractivity (Wildman–Crippen MR) is 91.3 cm³/mol. The molecule has 6 heteroatoms. The summed E-state index contributed by atoms with van der Waals surface area (Å²) in [6.45, 7) is 0. The van der Waals surface area contributed by atoms with E-state index in [4.69, 9.17) is 26.8 Å². The fraction of sp³-hybridized carbons (Fsp3) is 0.625. The van der Waals surface area contributed by atoms with Gasteiger partial charge in [0.2, 0.25) is 0 Å². The highest BCUT2D eigenvalue weighted by molar-refractivity contribution is 6.33. The van der Waals surface area contributed by atoms with Crippen molar-refractivity contribution < 1.29 is 14.6 Å². The topological polar surface area (TPSA) is 64.7 Å². The Bertz CT molecular complexity index is 479. The molecule has 0 unspecified atom stereocenters. The molecule has 0 bridgehead atoms. The molecule has 0 radical (unpaired) electrons. The number of hydrogen-bond acceptors (Lipinski definition) is 4. The summed E-state index contributed by atoms with van der Waals surface area (Å²) in [5.74, 6) is 1.27. The van der Waals surface area contributed by atoms with Gasteiger partial charge < -0.3 is 20.3 Å². The van der Waals surface area contributed by atoms with Crippen LogP contribution in [0.5, 0.6) is 11.5 Å². The van der Waals surface area contributed by atoms with Gasteiger partial charge in [0.05, 0.1) is 31.4 Å². The molecule has 0 aliphatic heterocycles. The molecule has 0 spiro atoms. The summed E-state index contributed by atoms with van der Waals surface area (Å²) in [6, 6.07) is 3.06. The van der Waals surface area contributed by atoms with Gasteiger partial charge in [-0.1, -0.05) is 36.9 Å². The highest BCUT2D eigenvalue weighted by atomic mass is 35.5. The van der Waals surface area contributed by atoms with E-state index in [2.05, 4.69) is 0 Å². The zero-order chi connectivity index (χ0) is 15.4. The van der Waals surface area contributed by atoms with Crippen LogP contribution in [0, 0.1) is 5.92 Å². The Balaban J connectivity index is 0.00000242. The smallest absolute Gasteiger partial charge is 0.179 e. The number of benzene rings is 1. The molecule has 1 fully saturated rings. The molecule has 126 valence electrons. The third-order valence-electron chi connectivity index (χ3n) is 4.37. The van der Waals surface area contributed by atoms with E-state index in [1.807, 2.05) is 0 Å². The molecule has 1 aliphatic rings. The van der Waals surface area contributed by atoms with Crippen molar-refractivity contribution >= 4 is 24.0 Å². The molecule has 0 heterocycles. The zero-order valence-electron chi connectivity index (χ0n) is 13.0. The van der Waals surface area contributed by atoms with E-state index in [9.17, 15) is 5.11 Å². The lowest BCUT2D eigenvalue weighted by molar-refractivity contribution is 0.0617. The van der Waals surface area contributed by atoms with E-state index in [1.54, 1.807) is 19.2 Å². The summed E-state index contributed by atoms with van der Waals surface area (Å²) in [4.78, 5) is 0. The van der Waals surface area contributed by atoms with E-state index >= 15 is 0 Å². The molecular formula is C16H25Cl2NO3. The monoisotopic (exact) mass is 349 g/mol. The second-order valence-corrected chi connectivity index (χ2v) is 6.00. The minimum Gasteiger partial charge on any atom is -0.493 e. The first-order valence-corrected chi connectivity index (χ1v) is 7.82. The van der Waals surface area contributed by atoms with Gasteiger partial charge in [0.1, 0.15) is 0 Å². The van der Waals surface area contributed by atoms with Crippen LogP contribution in [0.4, 0.5) is 0 Å². The first-order chi connectivity index (χ1) is 10.1. The Labute approximate surface area is 143 Å². The van der Waals surface area contributed by atoms with Gasteiger partial charge in [-0.05, 0) is 30.4 Å². The molecule has 1 saturated carbocycles. The van der Waals surface area contributed by atoms with Crippen molar-refractivity contribution in [2.45, 2.75) is 44.2 Å². The summed E-state index contributed by atoms with van der Waals surface area (Å²) in [7, 11) is 3.10. The minimum absolute atomic E-state index is 0. The molecule has 0 saturated heterocycles. The standard InChI is InChI=1S/C16H24ClNO3.ClH/c1-20-12-9-8-11(13(17)16(12)21-2)14(18)15(19)10-6-4-3-5-7-10;/h8-10,14-15,19H,3-7,18H2,1-2H3;1H/t14-,15+;/m0./s1. The van der Waals surface area contributed by atoms with Crippen LogP contribution in [0.15, 0.2) is 12.1 Å². The first-order valence-electron chi connectivity index (χ1n) is 7.44. The van der Waals surface area contributed by atoms with Crippen molar-refractivity contribution in [1.82, 2.24) is 0 Å². The second-order valence-electron chi connectivity index (χ2n) is 5.62. The molecule has 22 heavy (non-hydrogen) atoms. The summed E-state index contributed by atoms with van der Waals surface area (Å²) in [5, 5.41) is 11.0. The number of aliphatic hydroxyl groups excluding tert-OH is 1. The van der Waals surface area contributed by atoms with Crippen LogP contribution in [-0.2, 0) is 0 Å². The van der Waals surface area contributed by atoms with Crippen molar-refractivity contribution in [2.24, 2.45) is 11.7 Å². The molecule has 0 amide bonds. The zero-order valence-corrected chi connectivity index (χ0v) is 14.6. The lowest BCUT2D eigenvalue weighted by atomic mass is 9.81. The molecule has 0 aromatic heterocycles. The maximum absolute atomic E-state index is 10.6. The van der Waals surface area contributed by atoms with Crippen molar-refractivity contribution in [2.75, 3.05) is 14.2 Å². The van der Waals surface area contributed by atoms with Gasteiger partial charge in [-0.2, -0.15) is 0 Å². The fourth-order valence-electron chi connectivity index (χ4n) is 3.11. The Morgan fingerprint density at radius 1 is 1.18 bits per heavy atom. The van der Waals surface area contributed by atoms with Crippen LogP contribution >= 0.6 is 24.0 Å². The fourth-order valence-corrected chi connectivity index (χ4v) is 3.47. The highest BCUT2D eigenvalue weighted by Crippen LogP contribution is 2.41. The van der Waals surface area contributed by atoms with E-state index in [0.29, 0.717) is 22.1 Å². The highest BCUT2D eigenvalue weighted by Gasteiger charge is 2.30. The van der Waals surface area contributed by atoms with Crippen LogP contribution in [0.1, 0.15) is 43.7 Å². The minimum atomic E-state index is -0.582. The number of methoxy groups -OCH3 is 2. The van der Waals surface area contributed by atoms with E-state index in [-0.39, 0.29) is 18.3 Å². The average Bonchev–Trinajstić information content (AvgIpc) is 2.53. The molecule has 2 atom stereocenters. The summed E-state index contributed by atoms with van der Waals surface area (Å²) in [5.41, 5.74) is 6.96. The van der Waals surface area contributed by atoms with Crippen molar-refractivity contribution in [3.63, 3.8) is 0 Å². The molecule has 4 nitrogen and oxygen atoms in total. The van der Waals surface area contributed by atoms with Crippen LogP contribution < -0.4 is 15.2 Å². The average molecular weight is 350 g/mol. The Kier molecular flexibility index (Phi) is 7.77. The summed E-state index contributed by atoms with van der Waals surface area (Å²) >= 11 is 6.37. The second kappa shape index (κ2) is 8.82.